The fraction of sp³-hybridized carbons (Fsp3) is 0.667. The summed E-state index contributed by atoms with van der Waals surface area (Å²) >= 11 is 16.5. The third kappa shape index (κ3) is 5.48. The Kier molecular flexibility index (Phi) is 4.69. The molecule has 68 valence electrons. The van der Waals surface area contributed by atoms with E-state index in [1.54, 1.807) is 6.07 Å². The number of nitrogens with zero attached hydrogens (tertiary/aromatic N) is 1. The van der Waals surface area contributed by atoms with Crippen molar-refractivity contribution in [3.63, 3.8) is 0 Å². The Morgan fingerprint density at radius 1 is 1.67 bits per heavy atom. The van der Waals surface area contributed by atoms with Crippen molar-refractivity contribution in [2.75, 3.05) is 0 Å². The molecule has 0 fully saturated rings. The van der Waals surface area contributed by atoms with Gasteiger partial charge in [0.15, 0.2) is 0 Å². The van der Waals surface area contributed by atoms with Gasteiger partial charge in [0.25, 0.3) is 0 Å². The van der Waals surface area contributed by atoms with Crippen LogP contribution in [-0.4, -0.2) is 20.8 Å². The number of nitriles is 1. The van der Waals surface area contributed by atoms with E-state index in [1.807, 2.05) is 0 Å². The molecule has 1 N–H and O–H groups in total. The topological polar surface area (TPSA) is 61.1 Å². The molecule has 0 aromatic carbocycles. The first-order valence-electron chi connectivity index (χ1n) is 3.01. The van der Waals surface area contributed by atoms with Gasteiger partial charge in [-0.05, 0) is 0 Å². The van der Waals surface area contributed by atoms with Gasteiger partial charge in [0, 0.05) is 6.42 Å². The van der Waals surface area contributed by atoms with Crippen molar-refractivity contribution in [3.8, 4) is 6.07 Å². The number of halogens is 3. The minimum atomic E-state index is -1.46. The van der Waals surface area contributed by atoms with Crippen molar-refractivity contribution in [3.05, 3.63) is 0 Å². The number of aliphatic carboxylic acids is 1. The Labute approximate surface area is 84.8 Å². The Morgan fingerprint density at radius 3 is 2.50 bits per heavy atom. The average molecular weight is 230 g/mol. The maximum Gasteiger partial charge on any atom is 0.306 e. The van der Waals surface area contributed by atoms with Crippen LogP contribution in [0.1, 0.15) is 12.8 Å². The summed E-state index contributed by atoms with van der Waals surface area (Å²) in [6.07, 6.45) is -0.499. The molecule has 0 amide bonds. The molecule has 1 atom stereocenters. The van der Waals surface area contributed by atoms with E-state index in [2.05, 4.69) is 0 Å². The van der Waals surface area contributed by atoms with Gasteiger partial charge in [-0.15, -0.1) is 34.8 Å². The first kappa shape index (κ1) is 11.8. The number of carboxylic acid groups (broad SMARTS) is 1. The molecule has 0 aliphatic carbocycles. The normalized spacial score (nSPS) is 13.5. The van der Waals surface area contributed by atoms with Gasteiger partial charge in [-0.25, -0.2) is 0 Å². The summed E-state index contributed by atoms with van der Waals surface area (Å²) in [5, 5.41) is 15.8. The monoisotopic (exact) mass is 229 g/mol. The lowest BCUT2D eigenvalue weighted by Gasteiger charge is -2.16. The third-order valence-electron chi connectivity index (χ3n) is 1.03. The smallest absolute Gasteiger partial charge is 0.306 e. The lowest BCUT2D eigenvalue weighted by Crippen LogP contribution is -2.21. The van der Waals surface area contributed by atoms with Crippen LogP contribution in [0.5, 0.6) is 0 Å². The van der Waals surface area contributed by atoms with E-state index in [4.69, 9.17) is 45.2 Å². The van der Waals surface area contributed by atoms with Gasteiger partial charge in [0.05, 0.1) is 12.5 Å². The average Bonchev–Trinajstić information content (AvgIpc) is 1.83. The molecule has 0 radical (unpaired) electrons. The van der Waals surface area contributed by atoms with Gasteiger partial charge in [-0.2, -0.15) is 5.26 Å². The minimum absolute atomic E-state index is 0.0690. The SMILES string of the molecule is N#CC(Cl)CC(Cl)(Cl)CC(=O)O. The van der Waals surface area contributed by atoms with Gasteiger partial charge in [-0.1, -0.05) is 0 Å². The number of carboxylic acids is 1. The zero-order valence-corrected chi connectivity index (χ0v) is 8.20. The molecule has 0 aromatic rings. The Hall–Kier alpha value is -0.170. The van der Waals surface area contributed by atoms with Crippen LogP contribution in [0.2, 0.25) is 0 Å². The van der Waals surface area contributed by atoms with Crippen LogP contribution in [0.4, 0.5) is 0 Å². The Morgan fingerprint density at radius 2 is 2.17 bits per heavy atom. The zero-order valence-electron chi connectivity index (χ0n) is 5.93. The molecule has 0 aliphatic heterocycles. The first-order valence-corrected chi connectivity index (χ1v) is 4.20. The predicted molar refractivity (Wildman–Crippen MR) is 46.6 cm³/mol. The zero-order chi connectivity index (χ0) is 9.78. The first-order chi connectivity index (χ1) is 5.37. The van der Waals surface area contributed by atoms with Crippen molar-refractivity contribution in [2.45, 2.75) is 22.6 Å². The molecule has 6 heteroatoms. The molecular weight excluding hydrogens is 224 g/mol. The van der Waals surface area contributed by atoms with E-state index in [1.165, 1.54) is 0 Å². The fourth-order valence-corrected chi connectivity index (χ4v) is 1.56. The van der Waals surface area contributed by atoms with E-state index in [9.17, 15) is 4.79 Å². The summed E-state index contributed by atoms with van der Waals surface area (Å²) in [4.78, 5) is 10.2. The summed E-state index contributed by atoms with van der Waals surface area (Å²) in [5.41, 5.74) is 0. The Balaban J connectivity index is 4.05. The second-order valence-electron chi connectivity index (χ2n) is 2.23. The quantitative estimate of drug-likeness (QED) is 0.753. The lowest BCUT2D eigenvalue weighted by molar-refractivity contribution is -0.137. The van der Waals surface area contributed by atoms with Gasteiger partial charge in [0.1, 0.15) is 9.71 Å². The largest absolute Gasteiger partial charge is 0.481 e. The molecule has 0 aromatic heterocycles. The second kappa shape index (κ2) is 4.76. The fourth-order valence-electron chi connectivity index (χ4n) is 0.601. The van der Waals surface area contributed by atoms with E-state index in [0.29, 0.717) is 0 Å². The van der Waals surface area contributed by atoms with Crippen molar-refractivity contribution in [2.24, 2.45) is 0 Å². The number of hydrogen-bond acceptors (Lipinski definition) is 2. The third-order valence-corrected chi connectivity index (χ3v) is 1.86. The molecule has 1 unspecified atom stereocenters. The van der Waals surface area contributed by atoms with Crippen LogP contribution in [0, 0.1) is 11.3 Å². The highest BCUT2D eigenvalue weighted by Crippen LogP contribution is 2.32. The van der Waals surface area contributed by atoms with E-state index in [-0.39, 0.29) is 6.42 Å². The standard InChI is InChI=1S/C6H6Cl3NO2/c7-4(3-10)1-6(8,9)2-5(11)12/h4H,1-2H2,(H,11,12). The van der Waals surface area contributed by atoms with E-state index >= 15 is 0 Å². The number of rotatable bonds is 4. The highest BCUT2D eigenvalue weighted by molar-refractivity contribution is 6.49. The molecule has 0 aliphatic rings. The van der Waals surface area contributed by atoms with Crippen LogP contribution in [0.25, 0.3) is 0 Å². The van der Waals surface area contributed by atoms with Crippen molar-refractivity contribution in [1.29, 1.82) is 5.26 Å². The molecule has 0 rings (SSSR count). The van der Waals surface area contributed by atoms with Crippen LogP contribution < -0.4 is 0 Å². The maximum absolute atomic E-state index is 10.2. The van der Waals surface area contributed by atoms with Gasteiger partial charge in [-0.3, -0.25) is 4.79 Å². The highest BCUT2D eigenvalue weighted by Gasteiger charge is 2.30. The van der Waals surface area contributed by atoms with Crippen LogP contribution in [-0.2, 0) is 4.79 Å². The van der Waals surface area contributed by atoms with Crippen LogP contribution in [0.15, 0.2) is 0 Å². The molecular formula is C6H6Cl3NO2. The molecule has 0 spiro atoms. The summed E-state index contributed by atoms with van der Waals surface area (Å²) in [6, 6.07) is 1.70. The van der Waals surface area contributed by atoms with Crippen molar-refractivity contribution < 1.29 is 9.90 Å². The maximum atomic E-state index is 10.2. The summed E-state index contributed by atoms with van der Waals surface area (Å²) in [7, 11) is 0. The number of hydrogen-bond donors (Lipinski definition) is 1. The van der Waals surface area contributed by atoms with Gasteiger partial charge >= 0.3 is 5.97 Å². The highest BCUT2D eigenvalue weighted by atomic mass is 35.5. The lowest BCUT2D eigenvalue weighted by atomic mass is 10.2. The predicted octanol–water partition coefficient (Wildman–Crippen LogP) is 2.16. The molecule has 12 heavy (non-hydrogen) atoms. The Bertz CT molecular complexity index is 211. The molecule has 0 saturated carbocycles. The molecule has 0 saturated heterocycles. The van der Waals surface area contributed by atoms with Crippen molar-refractivity contribution >= 4 is 40.8 Å². The molecule has 3 nitrogen and oxygen atoms in total. The van der Waals surface area contributed by atoms with Gasteiger partial charge < -0.3 is 5.11 Å². The summed E-state index contributed by atoms with van der Waals surface area (Å²) in [6.45, 7) is 0. The molecule has 0 heterocycles. The van der Waals surface area contributed by atoms with E-state index in [0.717, 1.165) is 0 Å². The van der Waals surface area contributed by atoms with E-state index < -0.39 is 22.1 Å². The molecule has 0 bridgehead atoms. The summed E-state index contributed by atoms with van der Waals surface area (Å²) < 4.78 is -1.46. The number of carbonyl (C=O) groups is 1. The van der Waals surface area contributed by atoms with Gasteiger partial charge in [0.2, 0.25) is 0 Å². The second-order valence-corrected chi connectivity index (χ2v) is 4.39. The van der Waals surface area contributed by atoms with Crippen molar-refractivity contribution in [1.82, 2.24) is 0 Å². The minimum Gasteiger partial charge on any atom is -0.481 e. The van der Waals surface area contributed by atoms with Crippen LogP contribution >= 0.6 is 34.8 Å². The summed E-state index contributed by atoms with van der Waals surface area (Å²) in [5.74, 6) is -1.12. The number of alkyl halides is 3. The van der Waals surface area contributed by atoms with Crippen LogP contribution in [0.3, 0.4) is 0 Å².